The summed E-state index contributed by atoms with van der Waals surface area (Å²) in [5, 5.41) is 17.9. The predicted octanol–water partition coefficient (Wildman–Crippen LogP) is 4.54. The molecule has 0 aromatic carbocycles. The van der Waals surface area contributed by atoms with Crippen LogP contribution in [0.15, 0.2) is 12.1 Å². The number of carboxylic acid groups (broad SMARTS) is 1. The number of unbranched alkanes of at least 4 members (excludes halogenated alkanes) is 1. The second-order valence-electron chi connectivity index (χ2n) is 9.99. The van der Waals surface area contributed by atoms with Crippen LogP contribution in [0.2, 0.25) is 0 Å². The van der Waals surface area contributed by atoms with Crippen LogP contribution in [0.5, 0.6) is 5.75 Å². The molecule has 2 heterocycles. The van der Waals surface area contributed by atoms with Crippen molar-refractivity contribution in [3.63, 3.8) is 0 Å². The summed E-state index contributed by atoms with van der Waals surface area (Å²) in [7, 11) is 3.50. The summed E-state index contributed by atoms with van der Waals surface area (Å²) in [6, 6.07) is 3.78. The number of aromatic nitrogens is 4. The lowest BCUT2D eigenvalue weighted by molar-refractivity contribution is -0.143. The van der Waals surface area contributed by atoms with Crippen molar-refractivity contribution < 1.29 is 24.2 Å². The molecule has 2 fully saturated rings. The van der Waals surface area contributed by atoms with Gasteiger partial charge in [0.25, 0.3) is 0 Å². The van der Waals surface area contributed by atoms with Crippen molar-refractivity contribution in [2.24, 2.45) is 13.0 Å². The highest BCUT2D eigenvalue weighted by molar-refractivity contribution is 5.70. The Bertz CT molecular complexity index is 1070. The Morgan fingerprint density at radius 3 is 2.67 bits per heavy atom. The second kappa shape index (κ2) is 11.7. The molecule has 10 heteroatoms. The van der Waals surface area contributed by atoms with E-state index < -0.39 is 5.97 Å². The average molecular weight is 500 g/mol. The number of ether oxygens (including phenoxy) is 2. The van der Waals surface area contributed by atoms with Crippen molar-refractivity contribution >= 4 is 12.1 Å². The van der Waals surface area contributed by atoms with Crippen LogP contribution in [0.4, 0.5) is 4.79 Å². The minimum atomic E-state index is -0.747. The summed E-state index contributed by atoms with van der Waals surface area (Å²) in [5.74, 6) is -0.0599. The molecule has 4 rings (SSSR count). The zero-order chi connectivity index (χ0) is 25.7. The van der Waals surface area contributed by atoms with E-state index in [2.05, 4.69) is 17.2 Å². The third-order valence-corrected chi connectivity index (χ3v) is 7.32. The van der Waals surface area contributed by atoms with Crippen LogP contribution < -0.4 is 4.74 Å². The van der Waals surface area contributed by atoms with Gasteiger partial charge in [-0.05, 0) is 57.1 Å². The van der Waals surface area contributed by atoms with Gasteiger partial charge in [-0.15, -0.1) is 5.10 Å². The predicted molar refractivity (Wildman–Crippen MR) is 133 cm³/mol. The lowest BCUT2D eigenvalue weighted by Gasteiger charge is -2.31. The zero-order valence-corrected chi connectivity index (χ0v) is 21.5. The Morgan fingerprint density at radius 1 is 1.19 bits per heavy atom. The minimum absolute atomic E-state index is 0.0471. The molecule has 2 saturated carbocycles. The van der Waals surface area contributed by atoms with Gasteiger partial charge >= 0.3 is 12.1 Å². The molecule has 196 valence electrons. The molecule has 0 radical (unpaired) electrons. The fourth-order valence-electron chi connectivity index (χ4n) is 4.79. The molecule has 2 aliphatic carbocycles. The van der Waals surface area contributed by atoms with Gasteiger partial charge in [0.05, 0.1) is 23.4 Å². The monoisotopic (exact) mass is 499 g/mol. The molecular formula is C26H37N5O5. The first-order valence-electron chi connectivity index (χ1n) is 13.0. The lowest BCUT2D eigenvalue weighted by Crippen LogP contribution is -2.30. The van der Waals surface area contributed by atoms with Crippen LogP contribution in [-0.4, -0.2) is 61.7 Å². The number of amides is 1. The van der Waals surface area contributed by atoms with Gasteiger partial charge in [0, 0.05) is 26.6 Å². The molecule has 2 atom stereocenters. The van der Waals surface area contributed by atoms with E-state index in [9.17, 15) is 14.7 Å². The number of hydrogen-bond donors (Lipinski definition) is 1. The van der Waals surface area contributed by atoms with Crippen molar-refractivity contribution in [1.29, 1.82) is 0 Å². The smallest absolute Gasteiger partial charge is 0.409 e. The molecule has 0 saturated heterocycles. The number of rotatable bonds is 10. The van der Waals surface area contributed by atoms with E-state index in [1.807, 2.05) is 12.1 Å². The van der Waals surface area contributed by atoms with Crippen molar-refractivity contribution in [2.75, 3.05) is 13.6 Å². The normalized spacial score (nSPS) is 20.0. The van der Waals surface area contributed by atoms with Crippen molar-refractivity contribution in [3.8, 4) is 17.1 Å². The molecule has 10 nitrogen and oxygen atoms in total. The Hall–Kier alpha value is -3.17. The lowest BCUT2D eigenvalue weighted by atomic mass is 9.82. The number of nitrogens with zero attached hydrogens (tertiary/aromatic N) is 5. The van der Waals surface area contributed by atoms with E-state index in [0.717, 1.165) is 56.4 Å². The van der Waals surface area contributed by atoms with Gasteiger partial charge < -0.3 is 19.5 Å². The first kappa shape index (κ1) is 25.9. The zero-order valence-electron chi connectivity index (χ0n) is 21.5. The highest BCUT2D eigenvalue weighted by atomic mass is 16.6. The van der Waals surface area contributed by atoms with Gasteiger partial charge in [0.15, 0.2) is 0 Å². The molecule has 1 amide bonds. The summed E-state index contributed by atoms with van der Waals surface area (Å²) in [6.07, 6.45) is 7.59. The molecule has 0 aliphatic heterocycles. The number of aryl methyl sites for hydroxylation is 1. The van der Waals surface area contributed by atoms with Gasteiger partial charge in [0.2, 0.25) is 0 Å². The van der Waals surface area contributed by atoms with Crippen molar-refractivity contribution in [1.82, 2.24) is 24.9 Å². The Balaban J connectivity index is 1.52. The standard InChI is InChI=1S/C26H37N5O5/c1-4-5-14-30(2)26(34)35-16-21-24(28-29-31(21)3)20-12-13-22(23(27-20)17-8-6-9-17)36-19-11-7-10-18(15-19)25(32)33/h12-13,17-19H,4-11,14-16H2,1-3H3,(H,32,33)/t18-,19-/m0/s1. The molecule has 36 heavy (non-hydrogen) atoms. The topological polar surface area (TPSA) is 120 Å². The van der Waals surface area contributed by atoms with E-state index in [1.165, 1.54) is 0 Å². The molecule has 1 N–H and O–H groups in total. The van der Waals surface area contributed by atoms with Crippen LogP contribution in [0, 0.1) is 5.92 Å². The van der Waals surface area contributed by atoms with E-state index >= 15 is 0 Å². The third-order valence-electron chi connectivity index (χ3n) is 7.32. The first-order chi connectivity index (χ1) is 17.4. The van der Waals surface area contributed by atoms with Crippen LogP contribution in [-0.2, 0) is 23.2 Å². The quantitative estimate of drug-likeness (QED) is 0.506. The van der Waals surface area contributed by atoms with Gasteiger partial charge in [-0.25, -0.2) is 14.5 Å². The minimum Gasteiger partial charge on any atom is -0.488 e. The highest BCUT2D eigenvalue weighted by Gasteiger charge is 2.31. The van der Waals surface area contributed by atoms with Crippen LogP contribution in [0.3, 0.4) is 0 Å². The van der Waals surface area contributed by atoms with Crippen molar-refractivity contribution in [3.05, 3.63) is 23.5 Å². The van der Waals surface area contributed by atoms with E-state index in [0.29, 0.717) is 42.4 Å². The maximum absolute atomic E-state index is 12.4. The molecular weight excluding hydrogens is 462 g/mol. The summed E-state index contributed by atoms with van der Waals surface area (Å²) in [4.78, 5) is 30.4. The number of pyridine rings is 1. The fraction of sp³-hybridized carbons (Fsp3) is 0.654. The van der Waals surface area contributed by atoms with E-state index in [-0.39, 0.29) is 24.7 Å². The Morgan fingerprint density at radius 2 is 1.97 bits per heavy atom. The van der Waals surface area contributed by atoms with Crippen molar-refractivity contribution in [2.45, 2.75) is 83.3 Å². The van der Waals surface area contributed by atoms with E-state index in [4.69, 9.17) is 14.5 Å². The maximum Gasteiger partial charge on any atom is 0.409 e. The molecule has 0 bridgehead atoms. The van der Waals surface area contributed by atoms with Gasteiger partial charge in [-0.1, -0.05) is 25.0 Å². The highest BCUT2D eigenvalue weighted by Crippen LogP contribution is 2.42. The third kappa shape index (κ3) is 5.96. The molecule has 0 spiro atoms. The largest absolute Gasteiger partial charge is 0.488 e. The van der Waals surface area contributed by atoms with Gasteiger partial charge in [-0.2, -0.15) is 0 Å². The van der Waals surface area contributed by atoms with Crippen LogP contribution in [0.1, 0.15) is 82.0 Å². The first-order valence-corrected chi connectivity index (χ1v) is 13.0. The Labute approximate surface area is 212 Å². The maximum atomic E-state index is 12.4. The molecule has 2 aliphatic rings. The van der Waals surface area contributed by atoms with Crippen LogP contribution in [0.25, 0.3) is 11.4 Å². The second-order valence-corrected chi connectivity index (χ2v) is 9.99. The number of carbonyl (C=O) groups excluding carboxylic acids is 1. The summed E-state index contributed by atoms with van der Waals surface area (Å²) in [5.41, 5.74) is 2.81. The number of hydrogen-bond acceptors (Lipinski definition) is 7. The average Bonchev–Trinajstić information content (AvgIpc) is 3.21. The van der Waals surface area contributed by atoms with Gasteiger partial charge in [-0.3, -0.25) is 4.79 Å². The summed E-state index contributed by atoms with van der Waals surface area (Å²) >= 11 is 0. The number of aliphatic carboxylic acids is 1. The number of carbonyl (C=O) groups is 2. The summed E-state index contributed by atoms with van der Waals surface area (Å²) < 4.78 is 13.5. The van der Waals surface area contributed by atoms with Crippen LogP contribution >= 0.6 is 0 Å². The fourth-order valence-corrected chi connectivity index (χ4v) is 4.79. The molecule has 0 unspecified atom stereocenters. The molecule has 2 aromatic rings. The Kier molecular flexibility index (Phi) is 8.43. The molecule has 2 aromatic heterocycles. The van der Waals surface area contributed by atoms with E-state index in [1.54, 1.807) is 23.7 Å². The number of carboxylic acids is 1. The SMILES string of the molecule is CCCCN(C)C(=O)OCc1c(-c2ccc(O[C@H]3CCC[C@H](C(=O)O)C3)c(C3CCC3)n2)nnn1C. The van der Waals surface area contributed by atoms with Gasteiger partial charge in [0.1, 0.15) is 23.7 Å². The summed E-state index contributed by atoms with van der Waals surface area (Å²) in [6.45, 7) is 2.77.